The van der Waals surface area contributed by atoms with Gasteiger partial charge >= 0.3 is 6.18 Å². The van der Waals surface area contributed by atoms with Crippen LogP contribution in [-0.4, -0.2) is 57.7 Å². The lowest BCUT2D eigenvalue weighted by Gasteiger charge is -2.31. The van der Waals surface area contributed by atoms with Gasteiger partial charge in [-0.15, -0.1) is 0 Å². The molecule has 4 rings (SSSR count). The quantitative estimate of drug-likeness (QED) is 0.581. The van der Waals surface area contributed by atoms with Gasteiger partial charge in [0.1, 0.15) is 11.6 Å². The Bertz CT molecular complexity index is 1020. The minimum Gasteiger partial charge on any atom is -0.357 e. The number of rotatable bonds is 5. The number of nitrogens with one attached hydrogen (secondary N) is 2. The van der Waals surface area contributed by atoms with Crippen LogP contribution in [0.15, 0.2) is 36.5 Å². The molecule has 0 amide bonds. The van der Waals surface area contributed by atoms with Crippen molar-refractivity contribution in [3.63, 3.8) is 0 Å². The summed E-state index contributed by atoms with van der Waals surface area (Å²) < 4.78 is 51.5. The third-order valence-corrected chi connectivity index (χ3v) is 5.35. The van der Waals surface area contributed by atoms with E-state index in [1.54, 1.807) is 31.4 Å². The Morgan fingerprint density at radius 3 is 2.45 bits per heavy atom. The largest absolute Gasteiger partial charge is 0.401 e. The highest BCUT2D eigenvalue weighted by atomic mass is 19.4. The van der Waals surface area contributed by atoms with Gasteiger partial charge in [-0.2, -0.15) is 13.2 Å². The Morgan fingerprint density at radius 1 is 1.10 bits per heavy atom. The normalized spacial score (nSPS) is 15.9. The minimum atomic E-state index is -4.20. The van der Waals surface area contributed by atoms with Crippen LogP contribution in [-0.2, 0) is 0 Å². The van der Waals surface area contributed by atoms with E-state index in [-0.39, 0.29) is 11.7 Å². The van der Waals surface area contributed by atoms with Crippen LogP contribution in [0.1, 0.15) is 24.6 Å². The Hall–Kier alpha value is -3.01. The lowest BCUT2D eigenvalue weighted by Crippen LogP contribution is -2.39. The Labute approximate surface area is 176 Å². The second-order valence-electron chi connectivity index (χ2n) is 7.53. The molecular formula is C21H22F4N6. The Balaban J connectivity index is 1.65. The number of piperidine rings is 1. The highest BCUT2D eigenvalue weighted by molar-refractivity contribution is 5.77. The monoisotopic (exact) mass is 434 g/mol. The molecule has 1 aliphatic heterocycles. The van der Waals surface area contributed by atoms with Gasteiger partial charge in [-0.1, -0.05) is 0 Å². The summed E-state index contributed by atoms with van der Waals surface area (Å²) in [5, 5.41) is 2.89. The summed E-state index contributed by atoms with van der Waals surface area (Å²) in [4.78, 5) is 18.1. The fourth-order valence-corrected chi connectivity index (χ4v) is 3.82. The smallest absolute Gasteiger partial charge is 0.357 e. The van der Waals surface area contributed by atoms with Gasteiger partial charge in [0.2, 0.25) is 5.95 Å². The second-order valence-corrected chi connectivity index (χ2v) is 7.53. The highest BCUT2D eigenvalue weighted by Crippen LogP contribution is 2.35. The maximum atomic E-state index is 13.4. The van der Waals surface area contributed by atoms with Gasteiger partial charge in [0.15, 0.2) is 0 Å². The third-order valence-electron chi connectivity index (χ3n) is 5.35. The molecule has 2 aromatic heterocycles. The fourth-order valence-electron chi connectivity index (χ4n) is 3.82. The molecule has 10 heteroatoms. The fraction of sp³-hybridized carbons (Fsp3) is 0.381. The number of likely N-dealkylation sites (tertiary alicyclic amines) is 1. The molecular weight excluding hydrogens is 412 g/mol. The number of hydrogen-bond acceptors (Lipinski definition) is 5. The highest BCUT2D eigenvalue weighted by Gasteiger charge is 2.33. The van der Waals surface area contributed by atoms with Crippen molar-refractivity contribution in [1.29, 1.82) is 0 Å². The van der Waals surface area contributed by atoms with Crippen molar-refractivity contribution in [2.24, 2.45) is 0 Å². The molecule has 0 aliphatic carbocycles. The summed E-state index contributed by atoms with van der Waals surface area (Å²) in [7, 11) is 1.72. The van der Waals surface area contributed by atoms with Gasteiger partial charge < -0.3 is 10.3 Å². The van der Waals surface area contributed by atoms with Crippen molar-refractivity contribution in [3.05, 3.63) is 48.2 Å². The number of halogens is 4. The van der Waals surface area contributed by atoms with E-state index in [0.717, 1.165) is 5.56 Å². The zero-order valence-electron chi connectivity index (χ0n) is 16.9. The molecule has 0 radical (unpaired) electrons. The van der Waals surface area contributed by atoms with Gasteiger partial charge in [-0.25, -0.2) is 19.3 Å². The van der Waals surface area contributed by atoms with Crippen molar-refractivity contribution in [1.82, 2.24) is 24.8 Å². The summed E-state index contributed by atoms with van der Waals surface area (Å²) in [6.07, 6.45) is -1.44. The number of aromatic amines is 1. The molecule has 1 aliphatic rings. The SMILES string of the molecule is CNc1nccc(-c2[nH]c(C3CCN(CC(F)(F)F)CC3)nc2-c2ccc(F)cc2)n1. The van der Waals surface area contributed by atoms with Crippen molar-refractivity contribution in [2.75, 3.05) is 32.0 Å². The zero-order valence-corrected chi connectivity index (χ0v) is 16.9. The predicted octanol–water partition coefficient (Wildman–Crippen LogP) is 4.46. The van der Waals surface area contributed by atoms with Gasteiger partial charge in [-0.3, -0.25) is 4.90 Å². The molecule has 1 saturated heterocycles. The molecule has 3 heterocycles. The minimum absolute atomic E-state index is 0.00281. The van der Waals surface area contributed by atoms with Crippen LogP contribution in [0.4, 0.5) is 23.5 Å². The van der Waals surface area contributed by atoms with Crippen LogP contribution in [0.25, 0.3) is 22.6 Å². The Morgan fingerprint density at radius 2 is 1.81 bits per heavy atom. The third kappa shape index (κ3) is 5.01. The van der Waals surface area contributed by atoms with E-state index in [1.807, 2.05) is 0 Å². The molecule has 1 fully saturated rings. The van der Waals surface area contributed by atoms with Gasteiger partial charge in [0, 0.05) is 24.7 Å². The number of benzene rings is 1. The van der Waals surface area contributed by atoms with E-state index in [0.29, 0.717) is 54.8 Å². The molecule has 6 nitrogen and oxygen atoms in total. The van der Waals surface area contributed by atoms with Crippen molar-refractivity contribution >= 4 is 5.95 Å². The van der Waals surface area contributed by atoms with Crippen molar-refractivity contribution < 1.29 is 17.6 Å². The molecule has 1 aromatic carbocycles. The van der Waals surface area contributed by atoms with E-state index in [4.69, 9.17) is 4.98 Å². The molecule has 0 atom stereocenters. The van der Waals surface area contributed by atoms with Crippen LogP contribution in [0.2, 0.25) is 0 Å². The summed E-state index contributed by atoms with van der Waals surface area (Å²) in [6, 6.07) is 7.76. The summed E-state index contributed by atoms with van der Waals surface area (Å²) in [5.41, 5.74) is 2.62. The topological polar surface area (TPSA) is 69.7 Å². The summed E-state index contributed by atoms with van der Waals surface area (Å²) >= 11 is 0. The summed E-state index contributed by atoms with van der Waals surface area (Å²) in [5.74, 6) is 0.797. The number of alkyl halides is 3. The predicted molar refractivity (Wildman–Crippen MR) is 109 cm³/mol. The van der Waals surface area contributed by atoms with Crippen LogP contribution < -0.4 is 5.32 Å². The number of hydrogen-bond donors (Lipinski definition) is 2. The number of imidazole rings is 1. The van der Waals surface area contributed by atoms with Crippen LogP contribution in [0.3, 0.4) is 0 Å². The zero-order chi connectivity index (χ0) is 22.0. The molecule has 31 heavy (non-hydrogen) atoms. The molecule has 0 spiro atoms. The van der Waals surface area contributed by atoms with Crippen LogP contribution in [0, 0.1) is 5.82 Å². The number of aromatic nitrogens is 4. The molecule has 0 saturated carbocycles. The number of anilines is 1. The van der Waals surface area contributed by atoms with Crippen LogP contribution in [0.5, 0.6) is 0 Å². The molecule has 164 valence electrons. The number of nitrogens with zero attached hydrogens (tertiary/aromatic N) is 4. The van der Waals surface area contributed by atoms with Gasteiger partial charge in [0.05, 0.1) is 23.6 Å². The van der Waals surface area contributed by atoms with E-state index < -0.39 is 12.7 Å². The molecule has 0 bridgehead atoms. The standard InChI is InChI=1S/C21H22F4N6/c1-26-20-27-9-6-16(28-20)18-17(13-2-4-15(22)5-3-13)29-19(30-18)14-7-10-31(11-8-14)12-21(23,24)25/h2-6,9,14H,7-8,10-12H2,1H3,(H,29,30)(H,26,27,28). The van der Waals surface area contributed by atoms with Crippen molar-refractivity contribution in [2.45, 2.75) is 24.9 Å². The first-order valence-corrected chi connectivity index (χ1v) is 9.98. The lowest BCUT2D eigenvalue weighted by molar-refractivity contribution is -0.148. The first kappa shape index (κ1) is 21.2. The Kier molecular flexibility index (Phi) is 5.90. The lowest BCUT2D eigenvalue weighted by atomic mass is 9.96. The first-order valence-electron chi connectivity index (χ1n) is 9.98. The first-order chi connectivity index (χ1) is 14.8. The van der Waals surface area contributed by atoms with E-state index in [1.165, 1.54) is 17.0 Å². The molecule has 2 N–H and O–H groups in total. The van der Waals surface area contributed by atoms with Crippen LogP contribution >= 0.6 is 0 Å². The maximum Gasteiger partial charge on any atom is 0.401 e. The number of H-pyrrole nitrogens is 1. The average molecular weight is 434 g/mol. The maximum absolute atomic E-state index is 13.4. The molecule has 0 unspecified atom stereocenters. The molecule has 3 aromatic rings. The van der Waals surface area contributed by atoms with E-state index >= 15 is 0 Å². The second kappa shape index (κ2) is 8.62. The van der Waals surface area contributed by atoms with Gasteiger partial charge in [-0.05, 0) is 56.3 Å². The van der Waals surface area contributed by atoms with Gasteiger partial charge in [0.25, 0.3) is 0 Å². The van der Waals surface area contributed by atoms with Crippen molar-refractivity contribution in [3.8, 4) is 22.6 Å². The van der Waals surface area contributed by atoms with E-state index in [2.05, 4.69) is 20.3 Å². The average Bonchev–Trinajstić information content (AvgIpc) is 3.19. The summed E-state index contributed by atoms with van der Waals surface area (Å²) in [6.45, 7) is -0.190. The van der Waals surface area contributed by atoms with E-state index in [9.17, 15) is 17.6 Å².